The van der Waals surface area contributed by atoms with Crippen LogP contribution in [-0.4, -0.2) is 19.0 Å². The Kier molecular flexibility index (Phi) is 6.18. The van der Waals surface area contributed by atoms with Gasteiger partial charge < -0.3 is 10.6 Å². The van der Waals surface area contributed by atoms with Crippen molar-refractivity contribution in [3.63, 3.8) is 0 Å². The van der Waals surface area contributed by atoms with E-state index >= 15 is 0 Å². The first-order chi connectivity index (χ1) is 10.2. The van der Waals surface area contributed by atoms with Crippen molar-refractivity contribution in [2.75, 3.05) is 18.4 Å². The molecular formula is C17H25FN2O. The minimum absolute atomic E-state index is 0.122. The molecule has 1 saturated carbocycles. The van der Waals surface area contributed by atoms with E-state index in [0.29, 0.717) is 11.6 Å². The smallest absolute Gasteiger partial charge is 0.238 e. The highest BCUT2D eigenvalue weighted by Crippen LogP contribution is 2.29. The highest BCUT2D eigenvalue weighted by atomic mass is 19.1. The molecule has 0 bridgehead atoms. The first-order valence-electron chi connectivity index (χ1n) is 7.93. The van der Waals surface area contributed by atoms with Gasteiger partial charge in [-0.3, -0.25) is 4.79 Å². The summed E-state index contributed by atoms with van der Waals surface area (Å²) in [6, 6.07) is 5.96. The van der Waals surface area contributed by atoms with Crippen molar-refractivity contribution >= 4 is 11.6 Å². The number of halogens is 1. The van der Waals surface area contributed by atoms with Gasteiger partial charge in [0, 0.05) is 5.69 Å². The zero-order valence-electron chi connectivity index (χ0n) is 12.7. The van der Waals surface area contributed by atoms with Gasteiger partial charge in [-0.05, 0) is 49.4 Å². The number of hydrogen-bond donors (Lipinski definition) is 2. The van der Waals surface area contributed by atoms with E-state index in [2.05, 4.69) is 17.6 Å². The zero-order chi connectivity index (χ0) is 15.1. The van der Waals surface area contributed by atoms with E-state index in [1.165, 1.54) is 44.2 Å². The Bertz CT molecular complexity index is 456. The maximum atomic E-state index is 13.0. The molecule has 0 spiro atoms. The molecule has 1 aliphatic carbocycles. The van der Waals surface area contributed by atoms with Crippen LogP contribution >= 0.6 is 0 Å². The third-order valence-corrected chi connectivity index (χ3v) is 4.37. The molecule has 0 aromatic heterocycles. The molecule has 0 heterocycles. The number of rotatable bonds is 6. The third-order valence-electron chi connectivity index (χ3n) is 4.37. The van der Waals surface area contributed by atoms with E-state index in [4.69, 9.17) is 0 Å². The lowest BCUT2D eigenvalue weighted by Gasteiger charge is -2.27. The van der Waals surface area contributed by atoms with Crippen LogP contribution in [0, 0.1) is 17.7 Å². The van der Waals surface area contributed by atoms with Gasteiger partial charge >= 0.3 is 0 Å². The molecule has 1 fully saturated rings. The Morgan fingerprint density at radius 2 is 1.95 bits per heavy atom. The van der Waals surface area contributed by atoms with Gasteiger partial charge in [0.2, 0.25) is 5.91 Å². The van der Waals surface area contributed by atoms with Crippen LogP contribution in [0.2, 0.25) is 0 Å². The summed E-state index contributed by atoms with van der Waals surface area (Å²) in [5.41, 5.74) is 0.505. The molecule has 1 aliphatic rings. The first-order valence-corrected chi connectivity index (χ1v) is 7.93. The predicted octanol–water partition coefficient (Wildman–Crippen LogP) is 3.57. The van der Waals surface area contributed by atoms with Crippen LogP contribution in [0.4, 0.5) is 10.1 Å². The summed E-state index contributed by atoms with van der Waals surface area (Å²) in [6.45, 7) is 3.44. The molecule has 0 unspecified atom stereocenters. The van der Waals surface area contributed by atoms with Gasteiger partial charge in [0.15, 0.2) is 0 Å². The molecule has 0 radical (unpaired) electrons. The van der Waals surface area contributed by atoms with E-state index < -0.39 is 0 Å². The standard InChI is InChI=1S/C17H25FN2O/c1-2-13-6-8-14(9-7-13)11-19-12-17(21)20-16-5-3-4-15(18)10-16/h3-5,10,13-14,19H,2,6-9,11-12H2,1H3,(H,20,21). The average Bonchev–Trinajstić information content (AvgIpc) is 2.48. The summed E-state index contributed by atoms with van der Waals surface area (Å²) in [5.74, 6) is 1.13. The maximum absolute atomic E-state index is 13.0. The Morgan fingerprint density at radius 3 is 2.62 bits per heavy atom. The number of nitrogens with one attached hydrogen (secondary N) is 2. The van der Waals surface area contributed by atoms with Crippen LogP contribution in [0.5, 0.6) is 0 Å². The summed E-state index contributed by atoms with van der Waals surface area (Å²) in [6.07, 6.45) is 6.45. The van der Waals surface area contributed by atoms with Gasteiger partial charge in [-0.15, -0.1) is 0 Å². The fourth-order valence-electron chi connectivity index (χ4n) is 3.01. The van der Waals surface area contributed by atoms with Crippen molar-refractivity contribution in [2.24, 2.45) is 11.8 Å². The van der Waals surface area contributed by atoms with Gasteiger partial charge in [0.25, 0.3) is 0 Å². The van der Waals surface area contributed by atoms with E-state index in [0.717, 1.165) is 12.5 Å². The molecule has 2 rings (SSSR count). The zero-order valence-corrected chi connectivity index (χ0v) is 12.7. The molecule has 1 aromatic rings. The van der Waals surface area contributed by atoms with E-state index in [-0.39, 0.29) is 18.3 Å². The first kappa shape index (κ1) is 16.0. The van der Waals surface area contributed by atoms with Crippen LogP contribution in [0.3, 0.4) is 0 Å². The fraction of sp³-hybridized carbons (Fsp3) is 0.588. The minimum atomic E-state index is -0.339. The molecule has 0 saturated heterocycles. The van der Waals surface area contributed by atoms with Gasteiger partial charge in [0.05, 0.1) is 6.54 Å². The van der Waals surface area contributed by atoms with Crippen LogP contribution in [-0.2, 0) is 4.79 Å². The summed E-state index contributed by atoms with van der Waals surface area (Å²) in [7, 11) is 0. The molecule has 3 nitrogen and oxygen atoms in total. The Morgan fingerprint density at radius 1 is 1.24 bits per heavy atom. The number of carbonyl (C=O) groups excluding carboxylic acids is 1. The molecular weight excluding hydrogens is 267 g/mol. The second-order valence-corrected chi connectivity index (χ2v) is 5.98. The lowest BCUT2D eigenvalue weighted by molar-refractivity contribution is -0.115. The van der Waals surface area contributed by atoms with Crippen LogP contribution in [0.15, 0.2) is 24.3 Å². The molecule has 2 N–H and O–H groups in total. The minimum Gasteiger partial charge on any atom is -0.325 e. The monoisotopic (exact) mass is 292 g/mol. The maximum Gasteiger partial charge on any atom is 0.238 e. The Balaban J connectivity index is 1.63. The lowest BCUT2D eigenvalue weighted by Crippen LogP contribution is -2.33. The number of amides is 1. The second kappa shape index (κ2) is 8.13. The van der Waals surface area contributed by atoms with Crippen molar-refractivity contribution in [1.29, 1.82) is 0 Å². The second-order valence-electron chi connectivity index (χ2n) is 5.98. The molecule has 0 atom stereocenters. The quantitative estimate of drug-likeness (QED) is 0.841. The van der Waals surface area contributed by atoms with Crippen molar-refractivity contribution in [3.05, 3.63) is 30.1 Å². The van der Waals surface area contributed by atoms with Gasteiger partial charge in [0.1, 0.15) is 5.82 Å². The van der Waals surface area contributed by atoms with Gasteiger partial charge in [-0.2, -0.15) is 0 Å². The molecule has 4 heteroatoms. The normalized spacial score (nSPS) is 22.0. The number of anilines is 1. The molecule has 1 amide bonds. The highest BCUT2D eigenvalue weighted by Gasteiger charge is 2.19. The van der Waals surface area contributed by atoms with Crippen molar-refractivity contribution < 1.29 is 9.18 Å². The van der Waals surface area contributed by atoms with Gasteiger partial charge in [-0.1, -0.05) is 32.3 Å². The fourth-order valence-corrected chi connectivity index (χ4v) is 3.01. The third kappa shape index (κ3) is 5.46. The SMILES string of the molecule is CCC1CCC(CNCC(=O)Nc2cccc(F)c2)CC1. The number of hydrogen-bond acceptors (Lipinski definition) is 2. The lowest BCUT2D eigenvalue weighted by atomic mass is 9.81. The van der Waals surface area contributed by atoms with Gasteiger partial charge in [-0.25, -0.2) is 4.39 Å². The molecule has 116 valence electrons. The topological polar surface area (TPSA) is 41.1 Å². The van der Waals surface area contributed by atoms with Crippen molar-refractivity contribution in [3.8, 4) is 0 Å². The summed E-state index contributed by atoms with van der Waals surface area (Å²) in [4.78, 5) is 11.8. The largest absolute Gasteiger partial charge is 0.325 e. The summed E-state index contributed by atoms with van der Waals surface area (Å²) >= 11 is 0. The number of benzene rings is 1. The predicted molar refractivity (Wildman–Crippen MR) is 83.6 cm³/mol. The van der Waals surface area contributed by atoms with Crippen LogP contribution in [0.1, 0.15) is 39.0 Å². The molecule has 0 aliphatic heterocycles. The number of carbonyl (C=O) groups is 1. The summed E-state index contributed by atoms with van der Waals surface area (Å²) < 4.78 is 13.0. The average molecular weight is 292 g/mol. The Labute approximate surface area is 126 Å². The van der Waals surface area contributed by atoms with E-state index in [1.54, 1.807) is 12.1 Å². The highest BCUT2D eigenvalue weighted by molar-refractivity contribution is 5.92. The van der Waals surface area contributed by atoms with Crippen molar-refractivity contribution in [1.82, 2.24) is 5.32 Å². The summed E-state index contributed by atoms with van der Waals surface area (Å²) in [5, 5.41) is 5.91. The Hall–Kier alpha value is -1.42. The molecule has 1 aromatic carbocycles. The van der Waals surface area contributed by atoms with E-state index in [1.807, 2.05) is 0 Å². The van der Waals surface area contributed by atoms with Crippen molar-refractivity contribution in [2.45, 2.75) is 39.0 Å². The van der Waals surface area contributed by atoms with Crippen LogP contribution < -0.4 is 10.6 Å². The van der Waals surface area contributed by atoms with Crippen LogP contribution in [0.25, 0.3) is 0 Å². The molecule has 21 heavy (non-hydrogen) atoms. The van der Waals surface area contributed by atoms with E-state index in [9.17, 15) is 9.18 Å².